The fraction of sp³-hybridized carbons (Fsp3) is 0. The molecule has 1 heterocycles. The molecule has 3 heteroatoms. The fourth-order valence-electron chi connectivity index (χ4n) is 2.40. The number of nitrogens with one attached hydrogen (secondary N) is 1. The van der Waals surface area contributed by atoms with Gasteiger partial charge in [-0.25, -0.2) is 0 Å². The summed E-state index contributed by atoms with van der Waals surface area (Å²) in [6.45, 7) is 0. The number of para-hydroxylation sites is 1. The summed E-state index contributed by atoms with van der Waals surface area (Å²) in [7, 11) is 0. The van der Waals surface area contributed by atoms with E-state index in [9.17, 15) is 0 Å². The smallest absolute Gasteiger partial charge is 0.0651 e. The molecule has 3 aromatic rings. The molecule has 0 atom stereocenters. The Morgan fingerprint density at radius 1 is 0.773 bits per heavy atom. The zero-order valence-electron chi connectivity index (χ0n) is 11.9. The van der Waals surface area contributed by atoms with Crippen molar-refractivity contribution in [1.29, 1.82) is 0 Å². The van der Waals surface area contributed by atoms with Crippen molar-refractivity contribution in [3.05, 3.63) is 78.4 Å². The SMILES string of the molecule is C(=Nc1ccc2c(c1)Nc1ccccc1S2)c1ccccc1. The predicted molar refractivity (Wildman–Crippen MR) is 94.0 cm³/mol. The van der Waals surface area contributed by atoms with Crippen molar-refractivity contribution in [3.8, 4) is 0 Å². The highest BCUT2D eigenvalue weighted by atomic mass is 32.2. The summed E-state index contributed by atoms with van der Waals surface area (Å²) in [6, 6.07) is 24.8. The first-order valence-corrected chi connectivity index (χ1v) is 7.97. The van der Waals surface area contributed by atoms with Crippen LogP contribution in [0.25, 0.3) is 0 Å². The van der Waals surface area contributed by atoms with E-state index in [2.05, 4.69) is 52.8 Å². The van der Waals surface area contributed by atoms with Crippen molar-refractivity contribution in [2.45, 2.75) is 9.79 Å². The van der Waals surface area contributed by atoms with Gasteiger partial charge in [0.15, 0.2) is 0 Å². The average molecular weight is 302 g/mol. The minimum Gasteiger partial charge on any atom is -0.354 e. The van der Waals surface area contributed by atoms with Crippen LogP contribution in [0.2, 0.25) is 0 Å². The van der Waals surface area contributed by atoms with Gasteiger partial charge in [0.25, 0.3) is 0 Å². The maximum absolute atomic E-state index is 4.57. The van der Waals surface area contributed by atoms with Gasteiger partial charge in [-0.05, 0) is 35.9 Å². The molecule has 0 spiro atoms. The molecule has 0 bridgehead atoms. The molecule has 0 unspecified atom stereocenters. The quantitative estimate of drug-likeness (QED) is 0.484. The van der Waals surface area contributed by atoms with Gasteiger partial charge in [0.1, 0.15) is 0 Å². The van der Waals surface area contributed by atoms with Crippen molar-refractivity contribution in [1.82, 2.24) is 0 Å². The lowest BCUT2D eigenvalue weighted by atomic mass is 10.2. The normalized spacial score (nSPS) is 12.5. The van der Waals surface area contributed by atoms with Gasteiger partial charge in [0.2, 0.25) is 0 Å². The summed E-state index contributed by atoms with van der Waals surface area (Å²) in [4.78, 5) is 7.06. The van der Waals surface area contributed by atoms with E-state index in [1.54, 1.807) is 11.8 Å². The molecule has 1 N–H and O–H groups in total. The Labute approximate surface area is 133 Å². The summed E-state index contributed by atoms with van der Waals surface area (Å²) >= 11 is 1.79. The molecule has 0 aromatic heterocycles. The van der Waals surface area contributed by atoms with E-state index < -0.39 is 0 Å². The van der Waals surface area contributed by atoms with E-state index >= 15 is 0 Å². The van der Waals surface area contributed by atoms with Crippen LogP contribution < -0.4 is 5.32 Å². The van der Waals surface area contributed by atoms with Crippen molar-refractivity contribution in [3.63, 3.8) is 0 Å². The number of anilines is 2. The Bertz CT molecular complexity index is 841. The van der Waals surface area contributed by atoms with Crippen molar-refractivity contribution in [2.75, 3.05) is 5.32 Å². The highest BCUT2D eigenvalue weighted by Gasteiger charge is 2.14. The molecule has 0 amide bonds. The third-order valence-corrected chi connectivity index (χ3v) is 4.65. The summed E-state index contributed by atoms with van der Waals surface area (Å²) in [6.07, 6.45) is 1.89. The van der Waals surface area contributed by atoms with E-state index in [1.165, 1.54) is 9.79 Å². The summed E-state index contributed by atoms with van der Waals surface area (Å²) in [5.74, 6) is 0. The van der Waals surface area contributed by atoms with Gasteiger partial charge in [-0.2, -0.15) is 0 Å². The second-order valence-corrected chi connectivity index (χ2v) is 6.16. The van der Waals surface area contributed by atoms with Gasteiger partial charge in [-0.3, -0.25) is 4.99 Å². The Hall–Kier alpha value is -2.52. The Balaban J connectivity index is 1.62. The van der Waals surface area contributed by atoms with Crippen LogP contribution in [0.3, 0.4) is 0 Å². The highest BCUT2D eigenvalue weighted by Crippen LogP contribution is 2.44. The lowest BCUT2D eigenvalue weighted by Gasteiger charge is -2.20. The standard InChI is InChI=1S/C19H14N2S/c1-2-6-14(7-3-1)13-20-15-10-11-19-17(12-15)21-16-8-4-5-9-18(16)22-19/h1-13,21H. The second kappa shape index (κ2) is 5.70. The molecule has 0 saturated heterocycles. The number of hydrogen-bond donors (Lipinski definition) is 1. The van der Waals surface area contributed by atoms with Gasteiger partial charge in [0, 0.05) is 16.0 Å². The summed E-state index contributed by atoms with van der Waals surface area (Å²) in [5, 5.41) is 3.48. The molecule has 0 aliphatic carbocycles. The van der Waals surface area contributed by atoms with Gasteiger partial charge in [0.05, 0.1) is 17.1 Å². The van der Waals surface area contributed by atoms with E-state index in [-0.39, 0.29) is 0 Å². The van der Waals surface area contributed by atoms with Crippen LogP contribution in [0.15, 0.2) is 87.6 Å². The van der Waals surface area contributed by atoms with Crippen molar-refractivity contribution >= 4 is 35.0 Å². The molecule has 1 aliphatic rings. The molecule has 4 rings (SSSR count). The first-order valence-electron chi connectivity index (χ1n) is 7.15. The molecule has 2 nitrogen and oxygen atoms in total. The molecule has 1 aliphatic heterocycles. The van der Waals surface area contributed by atoms with Crippen LogP contribution in [-0.2, 0) is 0 Å². The first-order chi connectivity index (χ1) is 10.9. The maximum Gasteiger partial charge on any atom is 0.0651 e. The third-order valence-electron chi connectivity index (χ3n) is 3.50. The number of rotatable bonds is 2. The molecule has 22 heavy (non-hydrogen) atoms. The molecule has 0 fully saturated rings. The molecule has 3 aromatic carbocycles. The molecular weight excluding hydrogens is 288 g/mol. The lowest BCUT2D eigenvalue weighted by molar-refractivity contribution is 1.31. The average Bonchev–Trinajstić information content (AvgIpc) is 2.59. The van der Waals surface area contributed by atoms with Crippen LogP contribution >= 0.6 is 11.8 Å². The van der Waals surface area contributed by atoms with Crippen LogP contribution in [0.4, 0.5) is 17.1 Å². The van der Waals surface area contributed by atoms with Crippen LogP contribution in [-0.4, -0.2) is 6.21 Å². The third kappa shape index (κ3) is 2.63. The molecular formula is C19H14N2S. The zero-order valence-corrected chi connectivity index (χ0v) is 12.7. The summed E-state index contributed by atoms with van der Waals surface area (Å²) in [5.41, 5.74) is 4.33. The molecule has 106 valence electrons. The highest BCUT2D eigenvalue weighted by molar-refractivity contribution is 7.99. The Morgan fingerprint density at radius 3 is 2.45 bits per heavy atom. The van der Waals surface area contributed by atoms with Crippen molar-refractivity contribution in [2.24, 2.45) is 4.99 Å². The molecule has 0 saturated carbocycles. The van der Waals surface area contributed by atoms with E-state index in [4.69, 9.17) is 0 Å². The topological polar surface area (TPSA) is 24.4 Å². The number of hydrogen-bond acceptors (Lipinski definition) is 3. The second-order valence-electron chi connectivity index (χ2n) is 5.07. The Morgan fingerprint density at radius 2 is 1.55 bits per heavy atom. The van der Waals surface area contributed by atoms with Gasteiger partial charge in [-0.1, -0.05) is 54.2 Å². The van der Waals surface area contributed by atoms with Gasteiger partial charge >= 0.3 is 0 Å². The van der Waals surface area contributed by atoms with E-state index in [0.29, 0.717) is 0 Å². The summed E-state index contributed by atoms with van der Waals surface area (Å²) < 4.78 is 0. The van der Waals surface area contributed by atoms with Crippen LogP contribution in [0.1, 0.15) is 5.56 Å². The van der Waals surface area contributed by atoms with E-state index in [1.807, 2.05) is 36.5 Å². The number of nitrogens with zero attached hydrogens (tertiary/aromatic N) is 1. The predicted octanol–water partition coefficient (Wildman–Crippen LogP) is 5.65. The van der Waals surface area contributed by atoms with Crippen molar-refractivity contribution < 1.29 is 0 Å². The van der Waals surface area contributed by atoms with E-state index in [0.717, 1.165) is 22.6 Å². The minimum atomic E-state index is 0.954. The number of aliphatic imine (C=N–C) groups is 1. The molecule has 0 radical (unpaired) electrons. The number of fused-ring (bicyclic) bond motifs is 2. The zero-order chi connectivity index (χ0) is 14.8. The first kappa shape index (κ1) is 13.2. The Kier molecular flexibility index (Phi) is 3.41. The monoisotopic (exact) mass is 302 g/mol. The lowest BCUT2D eigenvalue weighted by Crippen LogP contribution is -1.98. The van der Waals surface area contributed by atoms with Gasteiger partial charge in [-0.15, -0.1) is 0 Å². The maximum atomic E-state index is 4.57. The minimum absolute atomic E-state index is 0.954. The number of benzene rings is 3. The largest absolute Gasteiger partial charge is 0.354 e. The fourth-order valence-corrected chi connectivity index (χ4v) is 3.36. The van der Waals surface area contributed by atoms with Gasteiger partial charge < -0.3 is 5.32 Å². The van der Waals surface area contributed by atoms with Crippen LogP contribution in [0, 0.1) is 0 Å². The van der Waals surface area contributed by atoms with Crippen LogP contribution in [0.5, 0.6) is 0 Å².